The molecule has 124 valence electrons. The summed E-state index contributed by atoms with van der Waals surface area (Å²) in [5.41, 5.74) is 1.07. The number of hydrogen-bond acceptors (Lipinski definition) is 4. The average molecular weight is 328 g/mol. The second-order valence-corrected chi connectivity index (χ2v) is 5.80. The number of benzene rings is 1. The summed E-state index contributed by atoms with van der Waals surface area (Å²) in [7, 11) is 0. The lowest BCUT2D eigenvalue weighted by atomic mass is 10.1. The number of carbonyl (C=O) groups excluding carboxylic acids is 3. The van der Waals surface area contributed by atoms with Crippen molar-refractivity contribution in [3.8, 4) is 0 Å². The second-order valence-electron chi connectivity index (χ2n) is 5.80. The number of nitrogens with one attached hydrogen (secondary N) is 3. The molecule has 3 N–H and O–H groups in total. The molecule has 0 spiro atoms. The molecule has 0 unspecified atom stereocenters. The Labute approximate surface area is 136 Å². The van der Waals surface area contributed by atoms with E-state index < -0.39 is 11.8 Å². The van der Waals surface area contributed by atoms with Crippen LogP contribution in [0.5, 0.6) is 0 Å². The Balaban J connectivity index is 1.80. The van der Waals surface area contributed by atoms with Crippen LogP contribution in [0.25, 0.3) is 0 Å². The number of amides is 3. The average Bonchev–Trinajstić information content (AvgIpc) is 3.06. The Morgan fingerprint density at radius 2 is 1.79 bits per heavy atom. The molecular weight excluding hydrogens is 312 g/mol. The van der Waals surface area contributed by atoms with E-state index in [-0.39, 0.29) is 35.2 Å². The molecule has 1 aliphatic rings. The third-order valence-corrected chi connectivity index (χ3v) is 3.79. The molecule has 0 fully saturated rings. The van der Waals surface area contributed by atoms with Crippen molar-refractivity contribution in [1.29, 1.82) is 0 Å². The van der Waals surface area contributed by atoms with Crippen LogP contribution in [-0.2, 0) is 6.54 Å². The number of hydrogen-bond donors (Lipinski definition) is 3. The maximum Gasteiger partial charge on any atom is 0.264 e. The van der Waals surface area contributed by atoms with E-state index in [1.165, 1.54) is 29.2 Å². The normalized spacial score (nSPS) is 13.5. The summed E-state index contributed by atoms with van der Waals surface area (Å²) in [4.78, 5) is 48.9. The van der Waals surface area contributed by atoms with Gasteiger partial charge in [-0.1, -0.05) is 0 Å². The first-order valence-electron chi connectivity index (χ1n) is 7.45. The number of nitrogens with zero attached hydrogens (tertiary/aromatic N) is 1. The zero-order chi connectivity index (χ0) is 17.4. The van der Waals surface area contributed by atoms with E-state index in [1.54, 1.807) is 13.8 Å². The van der Waals surface area contributed by atoms with Crippen LogP contribution in [0.2, 0.25) is 0 Å². The minimum Gasteiger partial charge on any atom is -0.346 e. The maximum atomic E-state index is 12.3. The third-order valence-electron chi connectivity index (χ3n) is 3.79. The topological polar surface area (TPSA) is 115 Å². The lowest BCUT2D eigenvalue weighted by Crippen LogP contribution is -2.35. The Morgan fingerprint density at radius 3 is 2.42 bits per heavy atom. The Kier molecular flexibility index (Phi) is 3.80. The van der Waals surface area contributed by atoms with Crippen LogP contribution in [0.1, 0.15) is 50.6 Å². The van der Waals surface area contributed by atoms with E-state index in [0.717, 1.165) is 0 Å². The lowest BCUT2D eigenvalue weighted by Gasteiger charge is -2.17. The molecule has 2 heterocycles. The highest BCUT2D eigenvalue weighted by atomic mass is 16.2. The molecule has 1 aromatic heterocycles. The molecule has 8 nitrogen and oxygen atoms in total. The van der Waals surface area contributed by atoms with Gasteiger partial charge in [0.2, 0.25) is 0 Å². The first-order chi connectivity index (χ1) is 11.4. The van der Waals surface area contributed by atoms with E-state index in [1.807, 2.05) is 0 Å². The van der Waals surface area contributed by atoms with Crippen LogP contribution in [-0.4, -0.2) is 38.9 Å². The summed E-state index contributed by atoms with van der Waals surface area (Å²) in [6, 6.07) is 5.51. The van der Waals surface area contributed by atoms with Gasteiger partial charge in [-0.3, -0.25) is 29.2 Å². The number of aromatic amines is 2. The number of aromatic nitrogens is 2. The van der Waals surface area contributed by atoms with Gasteiger partial charge in [0, 0.05) is 17.7 Å². The van der Waals surface area contributed by atoms with Gasteiger partial charge in [0.25, 0.3) is 23.3 Å². The monoisotopic (exact) mass is 328 g/mol. The molecule has 0 atom stereocenters. The van der Waals surface area contributed by atoms with Gasteiger partial charge in [0.1, 0.15) is 0 Å². The van der Waals surface area contributed by atoms with Gasteiger partial charge in [-0.05, 0) is 32.0 Å². The standard InChI is InChI=1S/C16H16N4O4/c1-8(2)20-15(23)11-4-3-9(5-12(11)16(20)24)14(22)17-7-10-6-13(21)19-18-10/h3-6,8H,7H2,1-2H3,(H,17,22)(H2,18,19,21). The molecule has 0 saturated heterocycles. The van der Waals surface area contributed by atoms with Gasteiger partial charge in [-0.2, -0.15) is 0 Å². The van der Waals surface area contributed by atoms with Crippen LogP contribution in [0.4, 0.5) is 0 Å². The highest BCUT2D eigenvalue weighted by Crippen LogP contribution is 2.25. The number of imide groups is 1. The molecule has 8 heteroatoms. The molecule has 2 aromatic rings. The SMILES string of the molecule is CC(C)N1C(=O)c2ccc(C(=O)NCc3cc(=O)[nH][nH]3)cc2C1=O. The van der Waals surface area contributed by atoms with Crippen molar-refractivity contribution in [2.24, 2.45) is 0 Å². The van der Waals surface area contributed by atoms with Crippen molar-refractivity contribution in [2.75, 3.05) is 0 Å². The Morgan fingerprint density at radius 1 is 1.08 bits per heavy atom. The zero-order valence-corrected chi connectivity index (χ0v) is 13.2. The van der Waals surface area contributed by atoms with Crippen LogP contribution in [0, 0.1) is 0 Å². The molecule has 1 aliphatic heterocycles. The van der Waals surface area contributed by atoms with Gasteiger partial charge >= 0.3 is 0 Å². The Bertz CT molecular complexity index is 893. The second kappa shape index (κ2) is 5.80. The fourth-order valence-electron chi connectivity index (χ4n) is 2.61. The molecule has 24 heavy (non-hydrogen) atoms. The summed E-state index contributed by atoms with van der Waals surface area (Å²) >= 11 is 0. The van der Waals surface area contributed by atoms with E-state index in [9.17, 15) is 19.2 Å². The van der Waals surface area contributed by atoms with Crippen LogP contribution >= 0.6 is 0 Å². The van der Waals surface area contributed by atoms with E-state index in [0.29, 0.717) is 11.3 Å². The molecule has 0 radical (unpaired) electrons. The summed E-state index contributed by atoms with van der Waals surface area (Å²) < 4.78 is 0. The van der Waals surface area contributed by atoms with Crippen molar-refractivity contribution < 1.29 is 14.4 Å². The van der Waals surface area contributed by atoms with Crippen LogP contribution in [0.15, 0.2) is 29.1 Å². The van der Waals surface area contributed by atoms with Gasteiger partial charge in [-0.15, -0.1) is 0 Å². The maximum absolute atomic E-state index is 12.3. The first kappa shape index (κ1) is 15.7. The third kappa shape index (κ3) is 2.62. The Hall–Kier alpha value is -3.16. The zero-order valence-electron chi connectivity index (χ0n) is 13.2. The predicted molar refractivity (Wildman–Crippen MR) is 84.7 cm³/mol. The largest absolute Gasteiger partial charge is 0.346 e. The van der Waals surface area contributed by atoms with E-state index in [4.69, 9.17) is 0 Å². The highest BCUT2D eigenvalue weighted by Gasteiger charge is 2.37. The van der Waals surface area contributed by atoms with Gasteiger partial charge in [-0.25, -0.2) is 0 Å². The fraction of sp³-hybridized carbons (Fsp3) is 0.250. The molecule has 3 amide bonds. The number of H-pyrrole nitrogens is 2. The van der Waals surface area contributed by atoms with Crippen molar-refractivity contribution in [3.05, 3.63) is 57.0 Å². The lowest BCUT2D eigenvalue weighted by molar-refractivity contribution is 0.0609. The summed E-state index contributed by atoms with van der Waals surface area (Å²) in [5, 5.41) is 7.64. The van der Waals surface area contributed by atoms with Gasteiger partial charge < -0.3 is 10.4 Å². The molecule has 1 aromatic carbocycles. The van der Waals surface area contributed by atoms with Crippen LogP contribution in [0.3, 0.4) is 0 Å². The molecule has 0 bridgehead atoms. The smallest absolute Gasteiger partial charge is 0.264 e. The highest BCUT2D eigenvalue weighted by molar-refractivity contribution is 6.22. The van der Waals surface area contributed by atoms with Crippen LogP contribution < -0.4 is 10.9 Å². The first-order valence-corrected chi connectivity index (χ1v) is 7.45. The summed E-state index contributed by atoms with van der Waals surface area (Å²) in [6.07, 6.45) is 0. The number of carbonyl (C=O) groups is 3. The minimum absolute atomic E-state index is 0.139. The molecular formula is C16H16N4O4. The van der Waals surface area contributed by atoms with Crippen molar-refractivity contribution in [3.63, 3.8) is 0 Å². The molecule has 0 saturated carbocycles. The summed E-state index contributed by atoms with van der Waals surface area (Å²) in [6.45, 7) is 3.65. The number of fused-ring (bicyclic) bond motifs is 1. The quantitative estimate of drug-likeness (QED) is 0.714. The van der Waals surface area contributed by atoms with Crippen molar-refractivity contribution in [2.45, 2.75) is 26.4 Å². The predicted octanol–water partition coefficient (Wildman–Crippen LogP) is 0.637. The van der Waals surface area contributed by atoms with Gasteiger partial charge in [0.05, 0.1) is 23.4 Å². The number of rotatable bonds is 4. The van der Waals surface area contributed by atoms with Crippen molar-refractivity contribution >= 4 is 17.7 Å². The van der Waals surface area contributed by atoms with Gasteiger partial charge in [0.15, 0.2) is 0 Å². The molecule has 3 rings (SSSR count). The van der Waals surface area contributed by atoms with E-state index in [2.05, 4.69) is 15.5 Å². The van der Waals surface area contributed by atoms with Crippen molar-refractivity contribution in [1.82, 2.24) is 20.4 Å². The summed E-state index contributed by atoms with van der Waals surface area (Å²) in [5.74, 6) is -1.14. The minimum atomic E-state index is -0.400. The van der Waals surface area contributed by atoms with E-state index >= 15 is 0 Å². The molecule has 0 aliphatic carbocycles. The fourth-order valence-corrected chi connectivity index (χ4v) is 2.61.